The number of nitrogens with zero attached hydrogens (tertiary/aromatic N) is 2. The van der Waals surface area contributed by atoms with Crippen LogP contribution in [0.1, 0.15) is 39.7 Å². The molecular formula is C22H29N3O4S2. The van der Waals surface area contributed by atoms with E-state index in [1.807, 2.05) is 13.0 Å². The van der Waals surface area contributed by atoms with Gasteiger partial charge in [-0.3, -0.25) is 9.69 Å². The number of hydrogen-bond acceptors (Lipinski definition) is 6. The van der Waals surface area contributed by atoms with Crippen molar-refractivity contribution in [1.82, 2.24) is 14.5 Å². The molecule has 2 aliphatic heterocycles. The van der Waals surface area contributed by atoms with E-state index >= 15 is 0 Å². The Labute approximate surface area is 188 Å². The van der Waals surface area contributed by atoms with Gasteiger partial charge >= 0.3 is 0 Å². The Balaban J connectivity index is 1.51. The maximum absolute atomic E-state index is 13.1. The van der Waals surface area contributed by atoms with Crippen molar-refractivity contribution in [3.05, 3.63) is 51.7 Å². The second-order valence-corrected chi connectivity index (χ2v) is 10.9. The molecule has 4 rings (SSSR count). The molecule has 1 aromatic carbocycles. The van der Waals surface area contributed by atoms with Gasteiger partial charge in [-0.05, 0) is 62.0 Å². The lowest BCUT2D eigenvalue weighted by Gasteiger charge is -2.27. The van der Waals surface area contributed by atoms with E-state index in [-0.39, 0.29) is 16.8 Å². The number of nitrogens with one attached hydrogen (secondary N) is 1. The molecule has 0 bridgehead atoms. The molecule has 1 aromatic heterocycles. The van der Waals surface area contributed by atoms with Crippen molar-refractivity contribution in [3.8, 4) is 0 Å². The zero-order valence-electron chi connectivity index (χ0n) is 17.7. The molecule has 168 valence electrons. The summed E-state index contributed by atoms with van der Waals surface area (Å²) in [5.41, 5.74) is 1.16. The average molecular weight is 464 g/mol. The van der Waals surface area contributed by atoms with Crippen molar-refractivity contribution in [1.29, 1.82) is 0 Å². The number of carbonyl (C=O) groups is 1. The first-order chi connectivity index (χ1) is 15.0. The lowest BCUT2D eigenvalue weighted by atomic mass is 10.1. The molecule has 31 heavy (non-hydrogen) atoms. The predicted molar refractivity (Wildman–Crippen MR) is 121 cm³/mol. The quantitative estimate of drug-likeness (QED) is 0.683. The fourth-order valence-electron chi connectivity index (χ4n) is 4.17. The van der Waals surface area contributed by atoms with E-state index in [4.69, 9.17) is 4.74 Å². The van der Waals surface area contributed by atoms with Gasteiger partial charge < -0.3 is 10.1 Å². The van der Waals surface area contributed by atoms with Gasteiger partial charge in [0, 0.05) is 30.1 Å². The number of sulfonamides is 1. The minimum absolute atomic E-state index is 0.145. The molecule has 2 fully saturated rings. The molecule has 0 spiro atoms. The monoisotopic (exact) mass is 463 g/mol. The molecule has 1 atom stereocenters. The summed E-state index contributed by atoms with van der Waals surface area (Å²) < 4.78 is 32.7. The highest BCUT2D eigenvalue weighted by atomic mass is 32.2. The highest BCUT2D eigenvalue weighted by molar-refractivity contribution is 7.89. The van der Waals surface area contributed by atoms with Gasteiger partial charge in [0.2, 0.25) is 10.0 Å². The number of rotatable bonds is 7. The van der Waals surface area contributed by atoms with Crippen molar-refractivity contribution >= 4 is 27.3 Å². The summed E-state index contributed by atoms with van der Waals surface area (Å²) in [7, 11) is -3.65. The third-order valence-electron chi connectivity index (χ3n) is 5.97. The molecule has 0 saturated carbocycles. The van der Waals surface area contributed by atoms with Crippen LogP contribution < -0.4 is 5.32 Å². The number of aryl methyl sites for hydroxylation is 1. The standard InChI is InChI=1S/C22H29N3O4S2/c1-17-6-7-18(31(27,28)25-10-12-29-13-11-25)15-19(17)22(26)23-16-20(21-5-4-14-30-21)24-8-2-3-9-24/h4-7,14-15,20H,2-3,8-13,16H2,1H3,(H,23,26)/t20-/m0/s1. The van der Waals surface area contributed by atoms with Gasteiger partial charge in [0.25, 0.3) is 5.91 Å². The Bertz CT molecular complexity index is 996. The van der Waals surface area contributed by atoms with Gasteiger partial charge in [-0.15, -0.1) is 11.3 Å². The first-order valence-electron chi connectivity index (χ1n) is 10.7. The molecule has 2 aromatic rings. The van der Waals surface area contributed by atoms with Crippen molar-refractivity contribution in [3.63, 3.8) is 0 Å². The first kappa shape index (κ1) is 22.4. The maximum Gasteiger partial charge on any atom is 0.251 e. The number of likely N-dealkylation sites (tertiary alicyclic amines) is 1. The third-order valence-corrected chi connectivity index (χ3v) is 8.84. The van der Waals surface area contributed by atoms with E-state index in [0.29, 0.717) is 38.4 Å². The van der Waals surface area contributed by atoms with Crippen LogP contribution in [0.5, 0.6) is 0 Å². The van der Waals surface area contributed by atoms with Crippen molar-refractivity contribution in [2.24, 2.45) is 0 Å². The Kier molecular flexibility index (Phi) is 7.08. The summed E-state index contributed by atoms with van der Waals surface area (Å²) in [6, 6.07) is 9.09. The molecule has 9 heteroatoms. The van der Waals surface area contributed by atoms with E-state index < -0.39 is 10.0 Å². The van der Waals surface area contributed by atoms with Gasteiger partial charge in [-0.2, -0.15) is 4.31 Å². The number of morpholine rings is 1. The molecule has 1 N–H and O–H groups in total. The molecule has 3 heterocycles. The third kappa shape index (κ3) is 5.01. The molecule has 7 nitrogen and oxygen atoms in total. The van der Waals surface area contributed by atoms with E-state index in [1.54, 1.807) is 23.5 Å². The summed E-state index contributed by atoms with van der Waals surface area (Å²) in [5, 5.41) is 5.12. The fraction of sp³-hybridized carbons (Fsp3) is 0.500. The zero-order chi connectivity index (χ0) is 21.8. The molecule has 0 aliphatic carbocycles. The van der Waals surface area contributed by atoms with Gasteiger partial charge in [-0.1, -0.05) is 12.1 Å². The highest BCUT2D eigenvalue weighted by Gasteiger charge is 2.28. The second-order valence-electron chi connectivity index (χ2n) is 7.98. The number of amides is 1. The van der Waals surface area contributed by atoms with Crippen LogP contribution in [0, 0.1) is 6.92 Å². The van der Waals surface area contributed by atoms with Crippen LogP contribution in [0.2, 0.25) is 0 Å². The Morgan fingerprint density at radius 3 is 2.58 bits per heavy atom. The van der Waals surface area contributed by atoms with Gasteiger partial charge in [0.15, 0.2) is 0 Å². The largest absolute Gasteiger partial charge is 0.379 e. The lowest BCUT2D eigenvalue weighted by molar-refractivity contribution is 0.0730. The Morgan fingerprint density at radius 1 is 1.16 bits per heavy atom. The highest BCUT2D eigenvalue weighted by Crippen LogP contribution is 2.28. The summed E-state index contributed by atoms with van der Waals surface area (Å²) in [6.07, 6.45) is 2.35. The molecule has 0 radical (unpaired) electrons. The Hall–Kier alpha value is -1.78. The van der Waals surface area contributed by atoms with Crippen LogP contribution in [0.25, 0.3) is 0 Å². The number of ether oxygens (including phenoxy) is 1. The van der Waals surface area contributed by atoms with Gasteiger partial charge in [-0.25, -0.2) is 8.42 Å². The summed E-state index contributed by atoms with van der Waals surface area (Å²) in [4.78, 5) is 16.9. The number of thiophene rings is 1. The van der Waals surface area contributed by atoms with Crippen LogP contribution in [-0.2, 0) is 14.8 Å². The van der Waals surface area contributed by atoms with Gasteiger partial charge in [0.1, 0.15) is 0 Å². The lowest BCUT2D eigenvalue weighted by Crippen LogP contribution is -2.40. The van der Waals surface area contributed by atoms with Crippen molar-refractivity contribution in [2.75, 3.05) is 45.9 Å². The van der Waals surface area contributed by atoms with Crippen molar-refractivity contribution in [2.45, 2.75) is 30.7 Å². The normalized spacial score (nSPS) is 19.4. The van der Waals surface area contributed by atoms with Crippen LogP contribution in [-0.4, -0.2) is 69.5 Å². The average Bonchev–Trinajstić information content (AvgIpc) is 3.50. The van der Waals surface area contributed by atoms with Crippen LogP contribution in [0.4, 0.5) is 0 Å². The topological polar surface area (TPSA) is 78.9 Å². The number of benzene rings is 1. The Morgan fingerprint density at radius 2 is 1.90 bits per heavy atom. The SMILES string of the molecule is Cc1ccc(S(=O)(=O)N2CCOCC2)cc1C(=O)NC[C@@H](c1cccs1)N1CCCC1. The van der Waals surface area contributed by atoms with Crippen LogP contribution in [0.15, 0.2) is 40.6 Å². The minimum atomic E-state index is -3.65. The summed E-state index contributed by atoms with van der Waals surface area (Å²) >= 11 is 1.70. The molecule has 2 saturated heterocycles. The smallest absolute Gasteiger partial charge is 0.251 e. The summed E-state index contributed by atoms with van der Waals surface area (Å²) in [6.45, 7) is 5.83. The summed E-state index contributed by atoms with van der Waals surface area (Å²) in [5.74, 6) is -0.239. The second kappa shape index (κ2) is 9.79. The maximum atomic E-state index is 13.1. The van der Waals surface area contributed by atoms with E-state index in [1.165, 1.54) is 28.1 Å². The molecular weight excluding hydrogens is 434 g/mol. The number of carbonyl (C=O) groups excluding carboxylic acids is 1. The van der Waals surface area contributed by atoms with E-state index in [2.05, 4.69) is 21.7 Å². The molecule has 0 unspecified atom stereocenters. The minimum Gasteiger partial charge on any atom is -0.379 e. The van der Waals surface area contributed by atoms with E-state index in [0.717, 1.165) is 18.7 Å². The van der Waals surface area contributed by atoms with Crippen molar-refractivity contribution < 1.29 is 17.9 Å². The predicted octanol–water partition coefficient (Wildman–Crippen LogP) is 2.64. The molecule has 2 aliphatic rings. The van der Waals surface area contributed by atoms with Crippen LogP contribution >= 0.6 is 11.3 Å². The van der Waals surface area contributed by atoms with E-state index in [9.17, 15) is 13.2 Å². The van der Waals surface area contributed by atoms with Crippen LogP contribution in [0.3, 0.4) is 0 Å². The number of hydrogen-bond donors (Lipinski definition) is 1. The first-order valence-corrected chi connectivity index (χ1v) is 13.0. The fourth-order valence-corrected chi connectivity index (χ4v) is 6.47. The van der Waals surface area contributed by atoms with Gasteiger partial charge in [0.05, 0.1) is 24.2 Å². The zero-order valence-corrected chi connectivity index (χ0v) is 19.4. The molecule has 1 amide bonds.